The van der Waals surface area contributed by atoms with E-state index in [1.165, 1.54) is 0 Å². The summed E-state index contributed by atoms with van der Waals surface area (Å²) in [6.07, 6.45) is 1.38. The van der Waals surface area contributed by atoms with E-state index >= 15 is 0 Å². The van der Waals surface area contributed by atoms with Crippen LogP contribution in [-0.2, 0) is 4.79 Å². The molecule has 0 aromatic heterocycles. The highest BCUT2D eigenvalue weighted by Gasteiger charge is 2.04. The number of oxime groups is 1. The summed E-state index contributed by atoms with van der Waals surface area (Å²) in [4.78, 5) is 11.6. The van der Waals surface area contributed by atoms with E-state index in [1.54, 1.807) is 24.3 Å². The Hall–Kier alpha value is -2.04. The maximum absolute atomic E-state index is 11.6. The molecule has 0 aliphatic heterocycles. The Kier molecular flexibility index (Phi) is 5.17. The van der Waals surface area contributed by atoms with Crippen LogP contribution in [0.4, 0.5) is 5.69 Å². The van der Waals surface area contributed by atoms with Crippen LogP contribution in [-0.4, -0.2) is 17.0 Å². The fourth-order valence-electron chi connectivity index (χ4n) is 1.43. The molecule has 0 saturated heterocycles. The number of rotatable bonds is 5. The van der Waals surface area contributed by atoms with Gasteiger partial charge in [0.15, 0.2) is 5.84 Å². The van der Waals surface area contributed by atoms with Crippen LogP contribution in [0.5, 0.6) is 0 Å². The smallest absolute Gasteiger partial charge is 0.224 e. The Morgan fingerprint density at radius 1 is 1.39 bits per heavy atom. The Morgan fingerprint density at radius 3 is 2.50 bits per heavy atom. The van der Waals surface area contributed by atoms with Gasteiger partial charge in [-0.3, -0.25) is 4.79 Å². The molecule has 5 nitrogen and oxygen atoms in total. The Bertz CT molecular complexity index is 424. The van der Waals surface area contributed by atoms with Crippen LogP contribution in [0.15, 0.2) is 29.4 Å². The normalized spacial score (nSPS) is 11.6. The van der Waals surface area contributed by atoms with Crippen LogP contribution in [0.3, 0.4) is 0 Å². The molecule has 5 heteroatoms. The maximum Gasteiger partial charge on any atom is 0.224 e. The molecule has 98 valence electrons. The molecule has 0 aliphatic rings. The number of hydrogen-bond donors (Lipinski definition) is 3. The number of nitrogens with two attached hydrogens (primary N) is 1. The summed E-state index contributed by atoms with van der Waals surface area (Å²) in [5, 5.41) is 14.2. The van der Waals surface area contributed by atoms with Crippen molar-refractivity contribution >= 4 is 17.4 Å². The third-order valence-electron chi connectivity index (χ3n) is 2.52. The Labute approximate surface area is 107 Å². The quantitative estimate of drug-likeness (QED) is 0.323. The van der Waals surface area contributed by atoms with Crippen molar-refractivity contribution in [1.29, 1.82) is 0 Å². The van der Waals surface area contributed by atoms with Crippen molar-refractivity contribution in [2.75, 3.05) is 5.32 Å². The number of anilines is 1. The Morgan fingerprint density at radius 2 is 2.00 bits per heavy atom. The van der Waals surface area contributed by atoms with E-state index in [0.717, 1.165) is 6.42 Å². The van der Waals surface area contributed by atoms with Gasteiger partial charge in [0.2, 0.25) is 5.91 Å². The molecule has 0 aliphatic carbocycles. The largest absolute Gasteiger partial charge is 0.409 e. The van der Waals surface area contributed by atoms with Gasteiger partial charge >= 0.3 is 0 Å². The molecule has 0 atom stereocenters. The number of nitrogens with zero attached hydrogens (tertiary/aromatic N) is 1. The summed E-state index contributed by atoms with van der Waals surface area (Å²) >= 11 is 0. The van der Waals surface area contributed by atoms with Gasteiger partial charge in [-0.05, 0) is 36.6 Å². The summed E-state index contributed by atoms with van der Waals surface area (Å²) < 4.78 is 0. The van der Waals surface area contributed by atoms with Crippen LogP contribution in [0, 0.1) is 5.92 Å². The van der Waals surface area contributed by atoms with Gasteiger partial charge in [0.1, 0.15) is 0 Å². The lowest BCUT2D eigenvalue weighted by atomic mass is 10.1. The molecular formula is C13H19N3O2. The standard InChI is InChI=1S/C13H19N3O2/c1-9(2)3-8-12(17)15-11-6-4-10(5-7-11)13(14)16-18/h4-7,9,18H,3,8H2,1-2H3,(H2,14,16)(H,15,17). The van der Waals surface area contributed by atoms with Crippen molar-refractivity contribution in [2.45, 2.75) is 26.7 Å². The fourth-order valence-corrected chi connectivity index (χ4v) is 1.43. The second-order valence-electron chi connectivity index (χ2n) is 4.54. The lowest BCUT2D eigenvalue weighted by Crippen LogP contribution is -2.14. The van der Waals surface area contributed by atoms with Crippen molar-refractivity contribution in [1.82, 2.24) is 0 Å². The molecule has 0 radical (unpaired) electrons. The molecule has 18 heavy (non-hydrogen) atoms. The van der Waals surface area contributed by atoms with Gasteiger partial charge in [-0.25, -0.2) is 0 Å². The minimum absolute atomic E-state index is 0.000229. The van der Waals surface area contributed by atoms with Crippen LogP contribution in [0.25, 0.3) is 0 Å². The molecular weight excluding hydrogens is 230 g/mol. The highest BCUT2D eigenvalue weighted by Crippen LogP contribution is 2.11. The van der Waals surface area contributed by atoms with Crippen LogP contribution in [0.1, 0.15) is 32.3 Å². The van der Waals surface area contributed by atoms with Crippen LogP contribution >= 0.6 is 0 Å². The highest BCUT2D eigenvalue weighted by atomic mass is 16.4. The number of carbonyl (C=O) groups is 1. The van der Waals surface area contributed by atoms with Crippen molar-refractivity contribution in [3.63, 3.8) is 0 Å². The first-order valence-electron chi connectivity index (χ1n) is 5.90. The molecule has 1 aromatic rings. The SMILES string of the molecule is CC(C)CCC(=O)Nc1ccc(/C(N)=N/O)cc1. The van der Waals surface area contributed by atoms with E-state index < -0.39 is 0 Å². The van der Waals surface area contributed by atoms with E-state index in [-0.39, 0.29) is 11.7 Å². The minimum Gasteiger partial charge on any atom is -0.409 e. The van der Waals surface area contributed by atoms with E-state index in [0.29, 0.717) is 23.6 Å². The summed E-state index contributed by atoms with van der Waals surface area (Å²) in [7, 11) is 0. The second kappa shape index (κ2) is 6.64. The molecule has 0 heterocycles. The van der Waals surface area contributed by atoms with Gasteiger partial charge in [-0.1, -0.05) is 19.0 Å². The molecule has 0 saturated carbocycles. The molecule has 1 aromatic carbocycles. The van der Waals surface area contributed by atoms with E-state index in [2.05, 4.69) is 24.3 Å². The minimum atomic E-state index is 0.000229. The first-order valence-corrected chi connectivity index (χ1v) is 5.90. The van der Waals surface area contributed by atoms with Gasteiger partial charge < -0.3 is 16.3 Å². The van der Waals surface area contributed by atoms with Crippen molar-refractivity contribution < 1.29 is 10.0 Å². The first-order chi connectivity index (χ1) is 8.52. The average Bonchev–Trinajstić information content (AvgIpc) is 2.36. The average molecular weight is 249 g/mol. The maximum atomic E-state index is 11.6. The molecule has 1 amide bonds. The summed E-state index contributed by atoms with van der Waals surface area (Å²) in [6.45, 7) is 4.16. The molecule has 4 N–H and O–H groups in total. The molecule has 0 fully saturated rings. The number of nitrogens with one attached hydrogen (secondary N) is 1. The van der Waals surface area contributed by atoms with E-state index in [1.807, 2.05) is 0 Å². The number of benzene rings is 1. The molecule has 0 unspecified atom stereocenters. The van der Waals surface area contributed by atoms with Gasteiger partial charge in [-0.15, -0.1) is 0 Å². The van der Waals surface area contributed by atoms with E-state index in [4.69, 9.17) is 10.9 Å². The van der Waals surface area contributed by atoms with E-state index in [9.17, 15) is 4.79 Å². The van der Waals surface area contributed by atoms with Crippen LogP contribution in [0.2, 0.25) is 0 Å². The summed E-state index contributed by atoms with van der Waals surface area (Å²) in [6, 6.07) is 6.82. The summed E-state index contributed by atoms with van der Waals surface area (Å²) in [5.74, 6) is 0.562. The topological polar surface area (TPSA) is 87.7 Å². The monoisotopic (exact) mass is 249 g/mol. The fraction of sp³-hybridized carbons (Fsp3) is 0.385. The highest BCUT2D eigenvalue weighted by molar-refractivity contribution is 5.98. The third-order valence-corrected chi connectivity index (χ3v) is 2.52. The molecule has 0 spiro atoms. The zero-order valence-corrected chi connectivity index (χ0v) is 10.7. The van der Waals surface area contributed by atoms with Crippen molar-refractivity contribution in [2.24, 2.45) is 16.8 Å². The third kappa shape index (κ3) is 4.45. The predicted octanol–water partition coefficient (Wildman–Crippen LogP) is 2.16. The molecule has 1 rings (SSSR count). The predicted molar refractivity (Wildman–Crippen MR) is 71.7 cm³/mol. The number of hydrogen-bond acceptors (Lipinski definition) is 3. The van der Waals surface area contributed by atoms with Gasteiger partial charge in [0, 0.05) is 17.7 Å². The van der Waals surface area contributed by atoms with Crippen LogP contribution < -0.4 is 11.1 Å². The van der Waals surface area contributed by atoms with Gasteiger partial charge in [0.25, 0.3) is 0 Å². The van der Waals surface area contributed by atoms with Gasteiger partial charge in [-0.2, -0.15) is 0 Å². The number of carbonyl (C=O) groups excluding carboxylic acids is 1. The number of amidine groups is 1. The molecule has 0 bridgehead atoms. The lowest BCUT2D eigenvalue weighted by molar-refractivity contribution is -0.116. The lowest BCUT2D eigenvalue weighted by Gasteiger charge is -2.07. The first kappa shape index (κ1) is 14.0. The zero-order valence-electron chi connectivity index (χ0n) is 10.7. The van der Waals surface area contributed by atoms with Crippen molar-refractivity contribution in [3.8, 4) is 0 Å². The van der Waals surface area contributed by atoms with Gasteiger partial charge in [0.05, 0.1) is 0 Å². The Balaban J connectivity index is 2.56. The summed E-state index contributed by atoms with van der Waals surface area (Å²) in [5.41, 5.74) is 6.75. The second-order valence-corrected chi connectivity index (χ2v) is 4.54. The number of amides is 1. The van der Waals surface area contributed by atoms with Crippen molar-refractivity contribution in [3.05, 3.63) is 29.8 Å². The zero-order chi connectivity index (χ0) is 13.5.